The van der Waals surface area contributed by atoms with E-state index in [2.05, 4.69) is 172 Å². The van der Waals surface area contributed by atoms with Gasteiger partial charge >= 0.3 is 11.9 Å². The smallest absolute Gasteiger partial charge is 0.306 e. The van der Waals surface area contributed by atoms with Crippen LogP contribution < -0.4 is 4.89 Å². The minimum absolute atomic E-state index is 0.0410. The number of nitrogens with zero attached hydrogens (tertiary/aromatic N) is 1. The van der Waals surface area contributed by atoms with Crippen LogP contribution in [0, 0.1) is 0 Å². The van der Waals surface area contributed by atoms with E-state index < -0.39 is 26.5 Å². The molecule has 0 aromatic rings. The fraction of sp³-hybridized carbons (Fsp3) is 0.674. The maximum absolute atomic E-state index is 12.9. The molecule has 0 spiro atoms. The average molecular weight is 1350 g/mol. The first-order chi connectivity index (χ1) is 47.0. The number of carbonyl (C=O) groups excluding carboxylic acids is 2. The summed E-state index contributed by atoms with van der Waals surface area (Å²) in [5, 5.41) is 0. The SMILES string of the molecule is CC/C=C\C/C=C\C/C=C\C/C=C\C/C=C\C/C=C\C/C=C\C/C=C\C/C=C\CCCCCCCC(=O)OC(COC(=O)CCCCCCCCCCCCCCCCCCCCCCCCCCCC/C=C\C/C=C\C/C=C\C/C=C\CC)COP(=O)([O-])OCC[N+](C)(C)C. The summed E-state index contributed by atoms with van der Waals surface area (Å²) in [6, 6.07) is 0. The zero-order valence-corrected chi connectivity index (χ0v) is 63.4. The van der Waals surface area contributed by atoms with Crippen LogP contribution in [0.5, 0.6) is 0 Å². The molecule has 0 fully saturated rings. The van der Waals surface area contributed by atoms with E-state index in [1.165, 1.54) is 154 Å². The molecule has 0 amide bonds. The number of hydrogen-bond donors (Lipinski definition) is 0. The van der Waals surface area contributed by atoms with Gasteiger partial charge in [-0.3, -0.25) is 14.2 Å². The number of phosphoric acid groups is 1. The van der Waals surface area contributed by atoms with Gasteiger partial charge in [-0.1, -0.05) is 345 Å². The molecule has 0 aromatic carbocycles. The van der Waals surface area contributed by atoms with Crippen molar-refractivity contribution in [2.75, 3.05) is 47.5 Å². The quantitative estimate of drug-likeness (QED) is 0.0195. The Kier molecular flexibility index (Phi) is 71.4. The summed E-state index contributed by atoms with van der Waals surface area (Å²) >= 11 is 0. The molecule has 548 valence electrons. The zero-order valence-electron chi connectivity index (χ0n) is 62.5. The van der Waals surface area contributed by atoms with Gasteiger partial charge in [-0.05, 0) is 122 Å². The summed E-state index contributed by atoms with van der Waals surface area (Å²) in [6.45, 7) is 4.01. The van der Waals surface area contributed by atoms with Gasteiger partial charge < -0.3 is 27.9 Å². The highest BCUT2D eigenvalue weighted by Gasteiger charge is 2.22. The molecule has 9 nitrogen and oxygen atoms in total. The van der Waals surface area contributed by atoms with Crippen molar-refractivity contribution in [3.05, 3.63) is 158 Å². The van der Waals surface area contributed by atoms with Crippen molar-refractivity contribution in [3.63, 3.8) is 0 Å². The molecule has 0 aliphatic carbocycles. The number of rotatable bonds is 71. The van der Waals surface area contributed by atoms with Crippen molar-refractivity contribution >= 4 is 19.8 Å². The Hall–Kier alpha value is -4.37. The predicted octanol–water partition coefficient (Wildman–Crippen LogP) is 25.6. The van der Waals surface area contributed by atoms with E-state index in [-0.39, 0.29) is 32.0 Å². The Bertz CT molecular complexity index is 2180. The van der Waals surface area contributed by atoms with Crippen molar-refractivity contribution in [2.24, 2.45) is 0 Å². The van der Waals surface area contributed by atoms with Crippen LogP contribution in [0.1, 0.15) is 322 Å². The summed E-state index contributed by atoms with van der Waals surface area (Å²) in [4.78, 5) is 38.2. The number of carbonyl (C=O) groups is 2. The minimum Gasteiger partial charge on any atom is -0.756 e. The zero-order chi connectivity index (χ0) is 69.7. The van der Waals surface area contributed by atoms with Crippen LogP contribution in [0.4, 0.5) is 0 Å². The summed E-state index contributed by atoms with van der Waals surface area (Å²) in [5.41, 5.74) is 0. The molecule has 0 aliphatic heterocycles. The number of esters is 2. The predicted molar refractivity (Wildman–Crippen MR) is 415 cm³/mol. The highest BCUT2D eigenvalue weighted by Crippen LogP contribution is 2.38. The molecule has 0 saturated carbocycles. The number of unbranched alkanes of at least 4 members (excludes halogenated alkanes) is 31. The summed E-state index contributed by atoms with van der Waals surface area (Å²) in [5.74, 6) is -0.853. The minimum atomic E-state index is -4.66. The first kappa shape index (κ1) is 91.6. The number of quaternary nitrogens is 1. The molecule has 2 atom stereocenters. The number of hydrogen-bond acceptors (Lipinski definition) is 8. The second-order valence-electron chi connectivity index (χ2n) is 27.0. The number of ether oxygens (including phenoxy) is 2. The Morgan fingerprint density at radius 3 is 0.833 bits per heavy atom. The topological polar surface area (TPSA) is 111 Å². The van der Waals surface area contributed by atoms with Crippen molar-refractivity contribution in [1.29, 1.82) is 0 Å². The maximum Gasteiger partial charge on any atom is 0.306 e. The van der Waals surface area contributed by atoms with Crippen LogP contribution in [0.25, 0.3) is 0 Å². The lowest BCUT2D eigenvalue weighted by Gasteiger charge is -2.28. The van der Waals surface area contributed by atoms with E-state index in [0.29, 0.717) is 17.4 Å². The standard InChI is InChI=1S/C86H146NO8P/c1-6-8-10-12-14-16-18-20-22-24-26-28-30-32-34-36-38-40-41-42-43-44-45-47-48-50-52-54-56-58-60-62-64-66-68-70-72-74-76-78-85(88)92-82-84(83-94-96(90,91)93-81-80-87(3,4)5)95-86(89)79-77-75-73-71-69-67-65-63-61-59-57-55-53-51-49-46-39-37-35-33-31-29-27-25-23-21-19-17-15-13-11-9-7-2/h8-11,14-17,20-23,26-29,33,35,39,46,51,53,57,59,63,65,84H,6-7,12-13,18-19,24-25,30-32,34,36-38,40-45,47-50,52,54-56,58,60-62,64,66-83H2,1-5H3/b10-8-,11-9-,16-14-,17-15-,22-20-,23-21-,28-26-,29-27-,35-33-,46-39-,53-51-,59-57-,65-63-. The molecule has 0 heterocycles. The van der Waals surface area contributed by atoms with Crippen LogP contribution in [-0.4, -0.2) is 70.0 Å². The van der Waals surface area contributed by atoms with Crippen molar-refractivity contribution < 1.29 is 42.1 Å². The van der Waals surface area contributed by atoms with Gasteiger partial charge in [0.1, 0.15) is 19.8 Å². The fourth-order valence-corrected chi connectivity index (χ4v) is 11.4. The van der Waals surface area contributed by atoms with Gasteiger partial charge in [0.05, 0.1) is 27.7 Å². The van der Waals surface area contributed by atoms with Gasteiger partial charge in [0, 0.05) is 12.8 Å². The normalized spacial score (nSPS) is 13.9. The van der Waals surface area contributed by atoms with Crippen LogP contribution in [0.3, 0.4) is 0 Å². The molecule has 0 aliphatic rings. The van der Waals surface area contributed by atoms with Crippen molar-refractivity contribution in [3.8, 4) is 0 Å². The van der Waals surface area contributed by atoms with Crippen molar-refractivity contribution in [2.45, 2.75) is 328 Å². The molecule has 0 radical (unpaired) electrons. The molecule has 0 rings (SSSR count). The maximum atomic E-state index is 12.9. The van der Waals surface area contributed by atoms with Crippen LogP contribution in [0.15, 0.2) is 158 Å². The molecular formula is C86H146NO8P. The highest BCUT2D eigenvalue weighted by atomic mass is 31.2. The molecule has 10 heteroatoms. The van der Waals surface area contributed by atoms with Gasteiger partial charge in [-0.15, -0.1) is 0 Å². The number of phosphoric ester groups is 1. The lowest BCUT2D eigenvalue weighted by Crippen LogP contribution is -2.37. The van der Waals surface area contributed by atoms with Gasteiger partial charge in [0.2, 0.25) is 0 Å². The third-order valence-electron chi connectivity index (χ3n) is 16.5. The molecular weight excluding hydrogens is 1210 g/mol. The summed E-state index contributed by atoms with van der Waals surface area (Å²) < 4.78 is 34.4. The number of likely N-dealkylation sites (N-methyl/N-ethyl adjacent to an activating group) is 1. The second-order valence-corrected chi connectivity index (χ2v) is 28.4. The summed E-state index contributed by atoms with van der Waals surface area (Å²) in [7, 11) is 1.14. The van der Waals surface area contributed by atoms with Gasteiger partial charge in [-0.25, -0.2) is 0 Å². The van der Waals surface area contributed by atoms with Crippen LogP contribution >= 0.6 is 7.82 Å². The van der Waals surface area contributed by atoms with Gasteiger partial charge in [0.15, 0.2) is 6.10 Å². The Labute approximate surface area is 592 Å². The first-order valence-electron chi connectivity index (χ1n) is 39.2. The molecule has 0 aromatic heterocycles. The van der Waals surface area contributed by atoms with Crippen LogP contribution in [-0.2, 0) is 32.7 Å². The van der Waals surface area contributed by atoms with E-state index in [1.807, 2.05) is 21.1 Å². The van der Waals surface area contributed by atoms with E-state index in [0.717, 1.165) is 135 Å². The Morgan fingerprint density at radius 1 is 0.323 bits per heavy atom. The van der Waals surface area contributed by atoms with Gasteiger partial charge in [-0.2, -0.15) is 0 Å². The monoisotopic (exact) mass is 1350 g/mol. The fourth-order valence-electron chi connectivity index (χ4n) is 10.6. The second kappa shape index (κ2) is 74.8. The van der Waals surface area contributed by atoms with E-state index >= 15 is 0 Å². The van der Waals surface area contributed by atoms with E-state index in [4.69, 9.17) is 18.5 Å². The first-order valence-corrected chi connectivity index (χ1v) is 40.7. The van der Waals surface area contributed by atoms with E-state index in [1.54, 1.807) is 0 Å². The third kappa shape index (κ3) is 78.6. The average Bonchev–Trinajstić information content (AvgIpc) is 1.48. The van der Waals surface area contributed by atoms with Crippen molar-refractivity contribution in [1.82, 2.24) is 0 Å². The van der Waals surface area contributed by atoms with Gasteiger partial charge in [0.25, 0.3) is 7.82 Å². The molecule has 0 bridgehead atoms. The molecule has 2 unspecified atom stereocenters. The van der Waals surface area contributed by atoms with Crippen LogP contribution in [0.2, 0.25) is 0 Å². The summed E-state index contributed by atoms with van der Waals surface area (Å²) in [6.07, 6.45) is 112. The third-order valence-corrected chi connectivity index (χ3v) is 17.5. The Balaban J connectivity index is 4.02. The lowest BCUT2D eigenvalue weighted by atomic mass is 10.0. The largest absolute Gasteiger partial charge is 0.756 e. The highest BCUT2D eigenvalue weighted by molar-refractivity contribution is 7.45. The molecule has 0 N–H and O–H groups in total. The lowest BCUT2D eigenvalue weighted by molar-refractivity contribution is -0.870. The Morgan fingerprint density at radius 2 is 0.562 bits per heavy atom. The van der Waals surface area contributed by atoms with E-state index in [9.17, 15) is 19.0 Å². The number of allylic oxidation sites excluding steroid dienone is 26. The molecule has 96 heavy (non-hydrogen) atoms. The molecule has 0 saturated heterocycles.